The number of hydrogen-bond donors (Lipinski definition) is 2. The maximum atomic E-state index is 10.7. The number of carboxylic acids is 1. The number of carbonyl (C=O) groups is 1. The van der Waals surface area contributed by atoms with E-state index in [0.717, 1.165) is 0 Å². The fraction of sp³-hybridized carbons (Fsp3) is 0.111. The molecule has 14 heavy (non-hydrogen) atoms. The number of nitrogens with zero attached hydrogens (tertiary/aromatic N) is 1. The van der Waals surface area contributed by atoms with Gasteiger partial charge < -0.3 is 14.9 Å². The van der Waals surface area contributed by atoms with Gasteiger partial charge >= 0.3 is 5.97 Å². The average Bonchev–Trinajstić information content (AvgIpc) is 2.17. The molecule has 1 aromatic rings. The molecule has 0 radical (unpaired) electrons. The molecule has 0 amide bonds. The zero-order valence-corrected chi connectivity index (χ0v) is 7.31. The largest absolute Gasteiger partial charge is 0.503 e. The summed E-state index contributed by atoms with van der Waals surface area (Å²) in [5.74, 6) is -1.87. The first-order valence-electron chi connectivity index (χ1n) is 3.65. The third-order valence-electron chi connectivity index (χ3n) is 1.69. The van der Waals surface area contributed by atoms with E-state index in [1.54, 1.807) is 6.07 Å². The first kappa shape index (κ1) is 9.86. The van der Waals surface area contributed by atoms with Gasteiger partial charge in [-0.1, -0.05) is 0 Å². The second kappa shape index (κ2) is 3.66. The van der Waals surface area contributed by atoms with Crippen LogP contribution in [0.5, 0.6) is 11.5 Å². The lowest BCUT2D eigenvalue weighted by atomic mass is 10.1. The van der Waals surface area contributed by atoms with Crippen LogP contribution >= 0.6 is 0 Å². The Labute approximate surface area is 79.8 Å². The maximum absolute atomic E-state index is 10.7. The van der Waals surface area contributed by atoms with Crippen molar-refractivity contribution in [3.8, 4) is 17.6 Å². The summed E-state index contributed by atoms with van der Waals surface area (Å²) in [5.41, 5.74) is -0.198. The smallest absolute Gasteiger partial charge is 0.339 e. The van der Waals surface area contributed by atoms with Crippen LogP contribution in [0.2, 0.25) is 0 Å². The predicted octanol–water partition coefficient (Wildman–Crippen LogP) is 0.971. The van der Waals surface area contributed by atoms with Crippen LogP contribution in [0.25, 0.3) is 0 Å². The molecule has 0 saturated heterocycles. The van der Waals surface area contributed by atoms with Gasteiger partial charge in [-0.2, -0.15) is 5.26 Å². The first-order chi connectivity index (χ1) is 6.61. The lowest BCUT2D eigenvalue weighted by molar-refractivity contribution is 0.0692. The number of phenols is 1. The van der Waals surface area contributed by atoms with E-state index in [-0.39, 0.29) is 16.9 Å². The minimum absolute atomic E-state index is 0.0214. The molecular formula is C9H7NO4. The molecule has 0 unspecified atom stereocenters. The average molecular weight is 193 g/mol. The van der Waals surface area contributed by atoms with Crippen LogP contribution in [-0.2, 0) is 0 Å². The van der Waals surface area contributed by atoms with Crippen LogP contribution in [0.1, 0.15) is 15.9 Å². The second-order valence-corrected chi connectivity index (χ2v) is 2.46. The van der Waals surface area contributed by atoms with Crippen LogP contribution in [0, 0.1) is 11.3 Å². The molecule has 0 fully saturated rings. The molecule has 0 bridgehead atoms. The normalized spacial score (nSPS) is 9.14. The monoisotopic (exact) mass is 193 g/mol. The standard InChI is InChI=1S/C9H7NO4/c1-14-8-6(9(12)13)3-2-5(4-10)7(8)11/h2-3,11H,1H3,(H,12,13). The highest BCUT2D eigenvalue weighted by Gasteiger charge is 2.17. The number of hydrogen-bond acceptors (Lipinski definition) is 4. The van der Waals surface area contributed by atoms with Crippen LogP contribution < -0.4 is 4.74 Å². The molecule has 0 aliphatic heterocycles. The highest BCUT2D eigenvalue weighted by atomic mass is 16.5. The van der Waals surface area contributed by atoms with E-state index in [9.17, 15) is 9.90 Å². The van der Waals surface area contributed by atoms with Gasteiger partial charge in [-0.3, -0.25) is 0 Å². The molecule has 72 valence electrons. The zero-order chi connectivity index (χ0) is 10.7. The summed E-state index contributed by atoms with van der Waals surface area (Å²) >= 11 is 0. The van der Waals surface area contributed by atoms with Crippen molar-refractivity contribution in [2.45, 2.75) is 0 Å². The third kappa shape index (κ3) is 1.45. The fourth-order valence-electron chi connectivity index (χ4n) is 1.04. The number of aromatic hydroxyl groups is 1. The van der Waals surface area contributed by atoms with Crippen LogP contribution in [0.15, 0.2) is 12.1 Å². The molecule has 0 aliphatic carbocycles. The van der Waals surface area contributed by atoms with E-state index in [0.29, 0.717) is 0 Å². The fourth-order valence-corrected chi connectivity index (χ4v) is 1.04. The van der Waals surface area contributed by atoms with Crippen molar-refractivity contribution in [1.82, 2.24) is 0 Å². The molecule has 1 rings (SSSR count). The van der Waals surface area contributed by atoms with Gasteiger partial charge in [0.1, 0.15) is 11.6 Å². The van der Waals surface area contributed by atoms with Crippen LogP contribution in [0.4, 0.5) is 0 Å². The molecule has 0 heterocycles. The summed E-state index contributed by atoms with van der Waals surface area (Å²) in [6, 6.07) is 4.14. The van der Waals surface area contributed by atoms with Crippen molar-refractivity contribution in [2.75, 3.05) is 7.11 Å². The molecular weight excluding hydrogens is 186 g/mol. The molecule has 0 atom stereocenters. The van der Waals surface area contributed by atoms with Crippen molar-refractivity contribution >= 4 is 5.97 Å². The van der Waals surface area contributed by atoms with Gasteiger partial charge in [0.15, 0.2) is 11.5 Å². The number of nitriles is 1. The summed E-state index contributed by atoms with van der Waals surface area (Å²) < 4.78 is 4.70. The van der Waals surface area contributed by atoms with Gasteiger partial charge in [0, 0.05) is 0 Å². The highest BCUT2D eigenvalue weighted by Crippen LogP contribution is 2.33. The van der Waals surface area contributed by atoms with Gasteiger partial charge in [-0.25, -0.2) is 4.79 Å². The Kier molecular flexibility index (Phi) is 2.58. The van der Waals surface area contributed by atoms with Gasteiger partial charge in [0.25, 0.3) is 0 Å². The number of rotatable bonds is 2. The molecule has 5 nitrogen and oxygen atoms in total. The molecule has 2 N–H and O–H groups in total. The Hall–Kier alpha value is -2.22. The van der Waals surface area contributed by atoms with E-state index in [1.807, 2.05) is 0 Å². The van der Waals surface area contributed by atoms with E-state index in [1.165, 1.54) is 19.2 Å². The zero-order valence-electron chi connectivity index (χ0n) is 7.31. The van der Waals surface area contributed by atoms with E-state index >= 15 is 0 Å². The lowest BCUT2D eigenvalue weighted by Gasteiger charge is -2.07. The third-order valence-corrected chi connectivity index (χ3v) is 1.69. The van der Waals surface area contributed by atoms with Gasteiger partial charge in [0.2, 0.25) is 0 Å². The van der Waals surface area contributed by atoms with E-state index in [2.05, 4.69) is 0 Å². The van der Waals surface area contributed by atoms with Gasteiger partial charge in [-0.05, 0) is 12.1 Å². The van der Waals surface area contributed by atoms with Gasteiger partial charge in [-0.15, -0.1) is 0 Å². The van der Waals surface area contributed by atoms with E-state index < -0.39 is 11.7 Å². The van der Waals surface area contributed by atoms with Crippen molar-refractivity contribution in [1.29, 1.82) is 5.26 Å². The van der Waals surface area contributed by atoms with E-state index in [4.69, 9.17) is 15.1 Å². The summed E-state index contributed by atoms with van der Waals surface area (Å²) in [7, 11) is 1.22. The number of methoxy groups -OCH3 is 1. The van der Waals surface area contributed by atoms with Crippen molar-refractivity contribution in [3.05, 3.63) is 23.3 Å². The predicted molar refractivity (Wildman–Crippen MR) is 46.3 cm³/mol. The molecule has 0 aromatic heterocycles. The number of benzene rings is 1. The van der Waals surface area contributed by atoms with Gasteiger partial charge in [0.05, 0.1) is 12.7 Å². The summed E-state index contributed by atoms with van der Waals surface area (Å²) in [4.78, 5) is 10.7. The molecule has 0 saturated carbocycles. The number of ether oxygens (including phenoxy) is 1. The number of phenolic OH excluding ortho intramolecular Hbond substituents is 1. The van der Waals surface area contributed by atoms with Crippen LogP contribution in [-0.4, -0.2) is 23.3 Å². The maximum Gasteiger partial charge on any atom is 0.339 e. The van der Waals surface area contributed by atoms with Crippen molar-refractivity contribution < 1.29 is 19.7 Å². The summed E-state index contributed by atoms with van der Waals surface area (Å²) in [6.45, 7) is 0. The second-order valence-electron chi connectivity index (χ2n) is 2.46. The Balaban J connectivity index is 3.45. The van der Waals surface area contributed by atoms with Crippen molar-refractivity contribution in [3.63, 3.8) is 0 Å². The topological polar surface area (TPSA) is 90.5 Å². The minimum atomic E-state index is -1.22. The minimum Gasteiger partial charge on any atom is -0.503 e. The molecule has 1 aromatic carbocycles. The summed E-state index contributed by atoms with van der Waals surface area (Å²) in [6.07, 6.45) is 0. The molecule has 0 aliphatic rings. The Morgan fingerprint density at radius 1 is 1.57 bits per heavy atom. The highest BCUT2D eigenvalue weighted by molar-refractivity contribution is 5.92. The first-order valence-corrected chi connectivity index (χ1v) is 3.65. The summed E-state index contributed by atoms with van der Waals surface area (Å²) in [5, 5.41) is 26.7. The Bertz CT molecular complexity index is 420. The molecule has 0 spiro atoms. The SMILES string of the molecule is COc1c(C(=O)O)ccc(C#N)c1O. The Morgan fingerprint density at radius 3 is 2.64 bits per heavy atom. The lowest BCUT2D eigenvalue weighted by Crippen LogP contribution is -2.01. The number of carboxylic acid groups (broad SMARTS) is 1. The van der Waals surface area contributed by atoms with Crippen molar-refractivity contribution in [2.24, 2.45) is 0 Å². The number of aromatic carboxylic acids is 1. The Morgan fingerprint density at radius 2 is 2.21 bits per heavy atom. The van der Waals surface area contributed by atoms with Crippen LogP contribution in [0.3, 0.4) is 0 Å². The quantitative estimate of drug-likeness (QED) is 0.730. The molecule has 5 heteroatoms.